The first-order valence-electron chi connectivity index (χ1n) is 6.05. The fourth-order valence-electron chi connectivity index (χ4n) is 2.34. The summed E-state index contributed by atoms with van der Waals surface area (Å²) in [5.41, 5.74) is -0.478. The molecule has 1 atom stereocenters. The summed E-state index contributed by atoms with van der Waals surface area (Å²) in [5, 5.41) is 0. The van der Waals surface area contributed by atoms with Crippen LogP contribution in [0.1, 0.15) is 33.6 Å². The fraction of sp³-hybridized carbons (Fsp3) is 0.917. The van der Waals surface area contributed by atoms with E-state index in [1.165, 1.54) is 0 Å². The van der Waals surface area contributed by atoms with Crippen molar-refractivity contribution in [3.8, 4) is 0 Å². The van der Waals surface area contributed by atoms with Crippen LogP contribution in [0.25, 0.3) is 0 Å². The van der Waals surface area contributed by atoms with Crippen molar-refractivity contribution in [3.63, 3.8) is 0 Å². The largest absolute Gasteiger partial charge is 0.444 e. The third-order valence-electron chi connectivity index (χ3n) is 3.12. The lowest BCUT2D eigenvalue weighted by Crippen LogP contribution is -2.64. The summed E-state index contributed by atoms with van der Waals surface area (Å²) in [7, 11) is 0. The first-order chi connectivity index (χ1) is 7.84. The molecule has 0 aromatic heterocycles. The molecule has 2 aliphatic rings. The molecule has 5 heteroatoms. The van der Waals surface area contributed by atoms with Crippen molar-refractivity contribution in [2.45, 2.75) is 50.9 Å². The molecular formula is C12H20INO3. The lowest BCUT2D eigenvalue weighted by Gasteiger charge is -2.47. The van der Waals surface area contributed by atoms with E-state index in [-0.39, 0.29) is 11.7 Å². The molecule has 2 saturated heterocycles. The molecule has 2 heterocycles. The molecule has 2 rings (SSSR count). The summed E-state index contributed by atoms with van der Waals surface area (Å²) in [6.45, 7) is 7.04. The van der Waals surface area contributed by atoms with Gasteiger partial charge in [0.15, 0.2) is 0 Å². The topological polar surface area (TPSA) is 38.8 Å². The molecule has 0 aliphatic carbocycles. The van der Waals surface area contributed by atoms with Gasteiger partial charge in [-0.05, 0) is 33.6 Å². The number of nitrogens with zero attached hydrogens (tertiary/aromatic N) is 1. The molecule has 98 valence electrons. The van der Waals surface area contributed by atoms with Crippen LogP contribution in [0.2, 0.25) is 0 Å². The van der Waals surface area contributed by atoms with E-state index in [1.807, 2.05) is 20.8 Å². The standard InChI is InChI=1S/C12H20INO3/c1-11(2,3)17-10(15)14-7-12(8-14)5-4-9(6-13)16-12/h9H,4-8H2,1-3H3. The molecule has 1 spiro atoms. The van der Waals surface area contributed by atoms with Crippen LogP contribution in [-0.4, -0.2) is 45.8 Å². The van der Waals surface area contributed by atoms with Crippen molar-refractivity contribution in [1.29, 1.82) is 0 Å². The number of likely N-dealkylation sites (tertiary alicyclic amines) is 1. The van der Waals surface area contributed by atoms with Gasteiger partial charge in [0.2, 0.25) is 0 Å². The van der Waals surface area contributed by atoms with Crippen molar-refractivity contribution in [3.05, 3.63) is 0 Å². The van der Waals surface area contributed by atoms with Crippen molar-refractivity contribution in [2.75, 3.05) is 17.5 Å². The summed E-state index contributed by atoms with van der Waals surface area (Å²) in [5.74, 6) is 0. The maximum absolute atomic E-state index is 11.8. The highest BCUT2D eigenvalue weighted by Gasteiger charge is 2.51. The van der Waals surface area contributed by atoms with Crippen LogP contribution >= 0.6 is 22.6 Å². The molecule has 0 bridgehead atoms. The second kappa shape index (κ2) is 4.57. The van der Waals surface area contributed by atoms with Gasteiger partial charge in [-0.25, -0.2) is 4.79 Å². The molecule has 17 heavy (non-hydrogen) atoms. The Morgan fingerprint density at radius 1 is 1.53 bits per heavy atom. The van der Waals surface area contributed by atoms with Crippen LogP contribution in [0.3, 0.4) is 0 Å². The van der Waals surface area contributed by atoms with Crippen LogP contribution in [0.4, 0.5) is 4.79 Å². The smallest absolute Gasteiger partial charge is 0.410 e. The predicted molar refractivity (Wildman–Crippen MR) is 73.5 cm³/mol. The van der Waals surface area contributed by atoms with Crippen LogP contribution in [0.15, 0.2) is 0 Å². The van der Waals surface area contributed by atoms with Gasteiger partial charge in [0, 0.05) is 4.43 Å². The Labute approximate surface area is 116 Å². The zero-order chi connectivity index (χ0) is 12.7. The Morgan fingerprint density at radius 3 is 2.65 bits per heavy atom. The summed E-state index contributed by atoms with van der Waals surface area (Å²) in [4.78, 5) is 13.5. The number of hydrogen-bond acceptors (Lipinski definition) is 3. The van der Waals surface area contributed by atoms with Crippen LogP contribution in [0, 0.1) is 0 Å². The minimum Gasteiger partial charge on any atom is -0.444 e. The summed E-state index contributed by atoms with van der Waals surface area (Å²) in [6.07, 6.45) is 2.34. The van der Waals surface area contributed by atoms with Gasteiger partial charge in [0.05, 0.1) is 19.2 Å². The van der Waals surface area contributed by atoms with Gasteiger partial charge < -0.3 is 14.4 Å². The van der Waals surface area contributed by atoms with Gasteiger partial charge in [-0.1, -0.05) is 22.6 Å². The minimum absolute atomic E-state index is 0.0628. The zero-order valence-electron chi connectivity index (χ0n) is 10.7. The average Bonchev–Trinajstić information content (AvgIpc) is 2.56. The number of rotatable bonds is 1. The first kappa shape index (κ1) is 13.4. The van der Waals surface area contributed by atoms with Crippen LogP contribution in [0.5, 0.6) is 0 Å². The molecule has 4 nitrogen and oxygen atoms in total. The summed E-state index contributed by atoms with van der Waals surface area (Å²) < 4.78 is 12.3. The quantitative estimate of drug-likeness (QED) is 0.537. The number of alkyl halides is 1. The van der Waals surface area contributed by atoms with Crippen LogP contribution < -0.4 is 0 Å². The Balaban J connectivity index is 1.81. The van der Waals surface area contributed by atoms with Gasteiger partial charge in [0.25, 0.3) is 0 Å². The molecule has 0 radical (unpaired) electrons. The second-order valence-electron chi connectivity index (χ2n) is 5.95. The van der Waals surface area contributed by atoms with E-state index in [9.17, 15) is 4.79 Å². The normalized spacial score (nSPS) is 27.1. The number of carbonyl (C=O) groups is 1. The first-order valence-corrected chi connectivity index (χ1v) is 7.58. The highest BCUT2D eigenvalue weighted by atomic mass is 127. The molecule has 0 N–H and O–H groups in total. The van der Waals surface area contributed by atoms with E-state index < -0.39 is 5.60 Å². The number of ether oxygens (including phenoxy) is 2. The van der Waals surface area contributed by atoms with Gasteiger partial charge >= 0.3 is 6.09 Å². The van der Waals surface area contributed by atoms with Crippen molar-refractivity contribution >= 4 is 28.7 Å². The molecule has 0 saturated carbocycles. The van der Waals surface area contributed by atoms with E-state index in [0.717, 1.165) is 17.3 Å². The van der Waals surface area contributed by atoms with Crippen LogP contribution in [-0.2, 0) is 9.47 Å². The minimum atomic E-state index is -0.416. The molecule has 1 unspecified atom stereocenters. The maximum Gasteiger partial charge on any atom is 0.410 e. The summed E-state index contributed by atoms with van der Waals surface area (Å²) >= 11 is 2.35. The lowest BCUT2D eigenvalue weighted by atomic mass is 9.91. The third-order valence-corrected chi connectivity index (χ3v) is 4.10. The Kier molecular flexibility index (Phi) is 3.60. The van der Waals surface area contributed by atoms with Crippen molar-refractivity contribution in [2.24, 2.45) is 0 Å². The summed E-state index contributed by atoms with van der Waals surface area (Å²) in [6, 6.07) is 0. The van der Waals surface area contributed by atoms with Crippen molar-refractivity contribution < 1.29 is 14.3 Å². The molecular weight excluding hydrogens is 333 g/mol. The SMILES string of the molecule is CC(C)(C)OC(=O)N1CC2(CCC(CI)O2)C1. The Bertz CT molecular complexity index is 307. The Hall–Kier alpha value is -0.0400. The number of carbonyl (C=O) groups excluding carboxylic acids is 1. The molecule has 1 amide bonds. The second-order valence-corrected chi connectivity index (χ2v) is 6.83. The molecule has 0 aromatic carbocycles. The van der Waals surface area contributed by atoms with Gasteiger partial charge in [-0.3, -0.25) is 0 Å². The Morgan fingerprint density at radius 2 is 2.18 bits per heavy atom. The maximum atomic E-state index is 11.8. The van der Waals surface area contributed by atoms with Gasteiger partial charge in [-0.15, -0.1) is 0 Å². The van der Waals surface area contributed by atoms with E-state index in [2.05, 4.69) is 22.6 Å². The number of hydrogen-bond donors (Lipinski definition) is 0. The molecule has 2 aliphatic heterocycles. The van der Waals surface area contributed by atoms with E-state index in [1.54, 1.807) is 4.90 Å². The fourth-order valence-corrected chi connectivity index (χ4v) is 2.96. The van der Waals surface area contributed by atoms with E-state index in [4.69, 9.17) is 9.47 Å². The van der Waals surface area contributed by atoms with Crippen molar-refractivity contribution in [1.82, 2.24) is 4.90 Å². The van der Waals surface area contributed by atoms with E-state index >= 15 is 0 Å². The monoisotopic (exact) mass is 353 g/mol. The van der Waals surface area contributed by atoms with Gasteiger partial charge in [0.1, 0.15) is 11.2 Å². The number of amides is 1. The molecule has 2 fully saturated rings. The highest BCUT2D eigenvalue weighted by molar-refractivity contribution is 14.1. The molecule has 0 aromatic rings. The van der Waals surface area contributed by atoms with Gasteiger partial charge in [-0.2, -0.15) is 0 Å². The predicted octanol–water partition coefficient (Wildman–Crippen LogP) is 2.59. The zero-order valence-corrected chi connectivity index (χ0v) is 12.8. The van der Waals surface area contributed by atoms with E-state index in [0.29, 0.717) is 19.2 Å². The average molecular weight is 353 g/mol. The number of halogens is 1. The highest BCUT2D eigenvalue weighted by Crippen LogP contribution is 2.39. The third kappa shape index (κ3) is 3.05. The lowest BCUT2D eigenvalue weighted by molar-refractivity contribution is -0.126.